The summed E-state index contributed by atoms with van der Waals surface area (Å²) in [4.78, 5) is 20.8. The zero-order valence-electron chi connectivity index (χ0n) is 14.0. The Bertz CT molecular complexity index is 729. The van der Waals surface area contributed by atoms with Gasteiger partial charge in [-0.15, -0.1) is 0 Å². The minimum atomic E-state index is -0.129. The molecule has 1 aromatic carbocycles. The van der Waals surface area contributed by atoms with Crippen molar-refractivity contribution in [2.24, 2.45) is 0 Å². The Morgan fingerprint density at radius 3 is 2.83 bits per heavy atom. The molecule has 0 radical (unpaired) electrons. The number of amides is 1. The maximum atomic E-state index is 12.1. The van der Waals surface area contributed by atoms with Crippen LogP contribution < -0.4 is 15.4 Å². The molecular weight excluding hydrogens is 304 g/mol. The summed E-state index contributed by atoms with van der Waals surface area (Å²) >= 11 is 0. The van der Waals surface area contributed by atoms with Crippen molar-refractivity contribution in [1.82, 2.24) is 15.3 Å². The van der Waals surface area contributed by atoms with E-state index in [0.717, 1.165) is 36.3 Å². The Balaban J connectivity index is 1.62. The van der Waals surface area contributed by atoms with Crippen LogP contribution in [0.5, 0.6) is 5.75 Å². The van der Waals surface area contributed by atoms with Gasteiger partial charge in [0.05, 0.1) is 7.11 Å². The number of hydrogen-bond acceptors (Lipinski definition) is 5. The number of carbonyl (C=O) groups is 1. The number of carbonyl (C=O) groups excluding carboxylic acids is 1. The van der Waals surface area contributed by atoms with Crippen molar-refractivity contribution in [1.29, 1.82) is 0 Å². The summed E-state index contributed by atoms with van der Waals surface area (Å²) in [7, 11) is 1.67. The molecule has 0 unspecified atom stereocenters. The molecule has 1 amide bonds. The monoisotopic (exact) mass is 326 g/mol. The highest BCUT2D eigenvalue weighted by Gasteiger charge is 2.24. The lowest BCUT2D eigenvalue weighted by molar-refractivity contribution is 0.0946. The molecule has 0 atom stereocenters. The van der Waals surface area contributed by atoms with Gasteiger partial charge in [0.1, 0.15) is 11.4 Å². The van der Waals surface area contributed by atoms with E-state index in [4.69, 9.17) is 4.74 Å². The Morgan fingerprint density at radius 1 is 1.29 bits per heavy atom. The number of benzene rings is 1. The molecule has 1 heterocycles. The van der Waals surface area contributed by atoms with Gasteiger partial charge in [-0.2, -0.15) is 0 Å². The van der Waals surface area contributed by atoms with Gasteiger partial charge >= 0.3 is 0 Å². The van der Waals surface area contributed by atoms with Crippen LogP contribution >= 0.6 is 0 Å². The molecule has 3 rings (SSSR count). The van der Waals surface area contributed by atoms with Crippen molar-refractivity contribution in [3.8, 4) is 5.75 Å². The standard InChI is InChI=1S/C18H22N4O2/c1-12-11-15(17(23)21-14-7-8-14)22-18(20-12)19-10-9-13-5-3-4-6-16(13)24-2/h3-6,11,14H,7-10H2,1-2H3,(H,21,23)(H,19,20,22). The second kappa shape index (κ2) is 7.29. The van der Waals surface area contributed by atoms with E-state index in [2.05, 4.69) is 20.6 Å². The number of anilines is 1. The third kappa shape index (κ3) is 4.22. The number of aryl methyl sites for hydroxylation is 1. The molecule has 0 aliphatic heterocycles. The molecule has 6 heteroatoms. The van der Waals surface area contributed by atoms with Gasteiger partial charge in [0.25, 0.3) is 5.91 Å². The van der Waals surface area contributed by atoms with E-state index in [1.807, 2.05) is 31.2 Å². The molecule has 0 saturated heterocycles. The summed E-state index contributed by atoms with van der Waals surface area (Å²) < 4.78 is 5.35. The lowest BCUT2D eigenvalue weighted by atomic mass is 10.1. The van der Waals surface area contributed by atoms with Crippen molar-refractivity contribution in [3.63, 3.8) is 0 Å². The first-order valence-corrected chi connectivity index (χ1v) is 8.18. The van der Waals surface area contributed by atoms with E-state index < -0.39 is 0 Å². The van der Waals surface area contributed by atoms with Crippen molar-refractivity contribution >= 4 is 11.9 Å². The third-order valence-electron chi connectivity index (χ3n) is 3.87. The van der Waals surface area contributed by atoms with Crippen LogP contribution in [-0.4, -0.2) is 35.6 Å². The molecule has 24 heavy (non-hydrogen) atoms. The van der Waals surface area contributed by atoms with E-state index in [1.165, 1.54) is 0 Å². The third-order valence-corrected chi connectivity index (χ3v) is 3.87. The zero-order chi connectivity index (χ0) is 16.9. The van der Waals surface area contributed by atoms with Crippen LogP contribution in [0.3, 0.4) is 0 Å². The largest absolute Gasteiger partial charge is 0.496 e. The highest BCUT2D eigenvalue weighted by molar-refractivity contribution is 5.93. The first kappa shape index (κ1) is 16.2. The smallest absolute Gasteiger partial charge is 0.270 e. The normalized spacial score (nSPS) is 13.4. The van der Waals surface area contributed by atoms with Gasteiger partial charge in [0.15, 0.2) is 0 Å². The highest BCUT2D eigenvalue weighted by Crippen LogP contribution is 2.20. The highest BCUT2D eigenvalue weighted by atomic mass is 16.5. The molecule has 2 N–H and O–H groups in total. The molecule has 126 valence electrons. The Hall–Kier alpha value is -2.63. The molecule has 0 bridgehead atoms. The summed E-state index contributed by atoms with van der Waals surface area (Å²) in [5.41, 5.74) is 2.30. The second-order valence-corrected chi connectivity index (χ2v) is 5.95. The van der Waals surface area contributed by atoms with Gasteiger partial charge in [-0.05, 0) is 43.9 Å². The average molecular weight is 326 g/mol. The van der Waals surface area contributed by atoms with E-state index >= 15 is 0 Å². The molecule has 1 aliphatic carbocycles. The van der Waals surface area contributed by atoms with Crippen molar-refractivity contribution < 1.29 is 9.53 Å². The quantitative estimate of drug-likeness (QED) is 0.817. The molecule has 1 saturated carbocycles. The number of nitrogens with one attached hydrogen (secondary N) is 2. The molecular formula is C18H22N4O2. The Labute approximate surface area is 141 Å². The van der Waals surface area contributed by atoms with Crippen molar-refractivity contribution in [3.05, 3.63) is 47.3 Å². The summed E-state index contributed by atoms with van der Waals surface area (Å²) in [5, 5.41) is 6.14. The van der Waals surface area contributed by atoms with Crippen LogP contribution in [0.2, 0.25) is 0 Å². The number of ether oxygens (including phenoxy) is 1. The summed E-state index contributed by atoms with van der Waals surface area (Å²) in [6.07, 6.45) is 2.89. The predicted molar refractivity (Wildman–Crippen MR) is 92.4 cm³/mol. The molecule has 1 aliphatic rings. The van der Waals surface area contributed by atoms with Crippen LogP contribution in [-0.2, 0) is 6.42 Å². The lowest BCUT2D eigenvalue weighted by Crippen LogP contribution is -2.27. The summed E-state index contributed by atoms with van der Waals surface area (Å²) in [5.74, 6) is 1.22. The maximum Gasteiger partial charge on any atom is 0.270 e. The average Bonchev–Trinajstić information content (AvgIpc) is 3.39. The maximum absolute atomic E-state index is 12.1. The van der Waals surface area contributed by atoms with Gasteiger partial charge in [0.2, 0.25) is 5.95 Å². The summed E-state index contributed by atoms with van der Waals surface area (Å²) in [6, 6.07) is 9.94. The fourth-order valence-corrected chi connectivity index (χ4v) is 2.47. The van der Waals surface area contributed by atoms with Gasteiger partial charge in [0, 0.05) is 18.3 Å². The number of nitrogens with zero attached hydrogens (tertiary/aromatic N) is 2. The number of para-hydroxylation sites is 1. The van der Waals surface area contributed by atoms with E-state index in [1.54, 1.807) is 13.2 Å². The number of rotatable bonds is 7. The van der Waals surface area contributed by atoms with Crippen LogP contribution in [0.25, 0.3) is 0 Å². The van der Waals surface area contributed by atoms with Crippen LogP contribution in [0.1, 0.15) is 34.6 Å². The van der Waals surface area contributed by atoms with Gasteiger partial charge in [-0.3, -0.25) is 4.79 Å². The minimum absolute atomic E-state index is 0.129. The minimum Gasteiger partial charge on any atom is -0.496 e. The van der Waals surface area contributed by atoms with E-state index in [9.17, 15) is 4.79 Å². The topological polar surface area (TPSA) is 76.1 Å². The number of hydrogen-bond donors (Lipinski definition) is 2. The first-order valence-electron chi connectivity index (χ1n) is 8.18. The van der Waals surface area contributed by atoms with Crippen molar-refractivity contribution in [2.45, 2.75) is 32.2 Å². The SMILES string of the molecule is COc1ccccc1CCNc1nc(C)cc(C(=O)NC2CC2)n1. The molecule has 0 spiro atoms. The lowest BCUT2D eigenvalue weighted by Gasteiger charge is -2.10. The van der Waals surface area contributed by atoms with E-state index in [-0.39, 0.29) is 5.91 Å². The van der Waals surface area contributed by atoms with Gasteiger partial charge < -0.3 is 15.4 Å². The number of aromatic nitrogens is 2. The summed E-state index contributed by atoms with van der Waals surface area (Å²) in [6.45, 7) is 2.52. The van der Waals surface area contributed by atoms with Crippen LogP contribution in [0, 0.1) is 6.92 Å². The number of methoxy groups -OCH3 is 1. The Kier molecular flexibility index (Phi) is 4.93. The fourth-order valence-electron chi connectivity index (χ4n) is 2.47. The van der Waals surface area contributed by atoms with Gasteiger partial charge in [-0.25, -0.2) is 9.97 Å². The fraction of sp³-hybridized carbons (Fsp3) is 0.389. The first-order chi connectivity index (χ1) is 11.7. The van der Waals surface area contributed by atoms with E-state index in [0.29, 0.717) is 24.2 Å². The second-order valence-electron chi connectivity index (χ2n) is 5.95. The Morgan fingerprint density at radius 2 is 2.08 bits per heavy atom. The van der Waals surface area contributed by atoms with Gasteiger partial charge in [-0.1, -0.05) is 18.2 Å². The predicted octanol–water partition coefficient (Wildman–Crippen LogP) is 2.34. The molecule has 1 fully saturated rings. The molecule has 1 aromatic heterocycles. The zero-order valence-corrected chi connectivity index (χ0v) is 14.0. The van der Waals surface area contributed by atoms with Crippen LogP contribution in [0.15, 0.2) is 30.3 Å². The van der Waals surface area contributed by atoms with Crippen molar-refractivity contribution in [2.75, 3.05) is 19.0 Å². The molecule has 2 aromatic rings. The van der Waals surface area contributed by atoms with Crippen LogP contribution in [0.4, 0.5) is 5.95 Å². The molecule has 6 nitrogen and oxygen atoms in total.